The van der Waals surface area contributed by atoms with Crippen LogP contribution in [-0.4, -0.2) is 30.1 Å². The van der Waals surface area contributed by atoms with E-state index in [0.29, 0.717) is 6.61 Å². The molecule has 126 valence electrons. The predicted molar refractivity (Wildman–Crippen MR) is 87.0 cm³/mol. The number of cyclic esters (lactones) is 1. The topological polar surface area (TPSA) is 55.9 Å². The number of ether oxygens (including phenoxy) is 2. The molecule has 5 aliphatic rings. The maximum absolute atomic E-state index is 13.1. The highest BCUT2D eigenvalue weighted by Gasteiger charge is 2.73. The van der Waals surface area contributed by atoms with Crippen LogP contribution in [0.4, 0.5) is 0 Å². The molecule has 5 rings (SSSR count). The Morgan fingerprint density at radius 1 is 1.25 bits per heavy atom. The van der Waals surface area contributed by atoms with E-state index in [9.17, 15) is 9.59 Å². The summed E-state index contributed by atoms with van der Waals surface area (Å²) in [5, 5.41) is 0. The molecule has 1 saturated heterocycles. The fourth-order valence-corrected chi connectivity index (χ4v) is 5.52. The van der Waals surface area contributed by atoms with Gasteiger partial charge in [-0.1, -0.05) is 32.9 Å². The first-order chi connectivity index (χ1) is 11.4. The van der Waals surface area contributed by atoms with E-state index >= 15 is 0 Å². The third-order valence-electron chi connectivity index (χ3n) is 6.92. The molecule has 0 amide bonds. The summed E-state index contributed by atoms with van der Waals surface area (Å²) in [5.41, 5.74) is 3.22. The average Bonchev–Trinajstić information content (AvgIpc) is 3.13. The van der Waals surface area contributed by atoms with Crippen LogP contribution in [0.5, 0.6) is 0 Å². The van der Waals surface area contributed by atoms with Crippen LogP contribution in [0, 0.1) is 17.3 Å². The van der Waals surface area contributed by atoms with Crippen LogP contribution in [0.15, 0.2) is 34.4 Å². The molecule has 2 heterocycles. The molecule has 0 aromatic heterocycles. The molecule has 1 spiro atoms. The first kappa shape index (κ1) is 14.6. The lowest BCUT2D eigenvalue weighted by Gasteiger charge is -2.48. The summed E-state index contributed by atoms with van der Waals surface area (Å²) in [6, 6.07) is 0. The molecule has 4 heteroatoms. The number of ketones is 1. The third kappa shape index (κ3) is 1.49. The number of esters is 1. The first-order valence-electron chi connectivity index (χ1n) is 8.94. The van der Waals surface area contributed by atoms with Crippen molar-refractivity contribution in [3.63, 3.8) is 0 Å². The molecular weight excluding hydrogens is 304 g/mol. The quantitative estimate of drug-likeness (QED) is 0.549. The zero-order valence-corrected chi connectivity index (χ0v) is 14.3. The van der Waals surface area contributed by atoms with Crippen molar-refractivity contribution < 1.29 is 19.1 Å². The maximum atomic E-state index is 13.1. The van der Waals surface area contributed by atoms with Crippen LogP contribution < -0.4 is 0 Å². The van der Waals surface area contributed by atoms with Crippen LogP contribution in [0.1, 0.15) is 40.0 Å². The van der Waals surface area contributed by atoms with Gasteiger partial charge in [-0.05, 0) is 47.7 Å². The molecule has 3 aliphatic carbocycles. The van der Waals surface area contributed by atoms with Gasteiger partial charge in [0.25, 0.3) is 0 Å². The number of hydrogen-bond acceptors (Lipinski definition) is 4. The number of fused-ring (bicyclic) bond motifs is 3. The van der Waals surface area contributed by atoms with E-state index in [1.165, 1.54) is 0 Å². The molecule has 24 heavy (non-hydrogen) atoms. The third-order valence-corrected chi connectivity index (χ3v) is 6.92. The van der Waals surface area contributed by atoms with Crippen LogP contribution in [0.3, 0.4) is 0 Å². The van der Waals surface area contributed by atoms with E-state index in [-0.39, 0.29) is 35.1 Å². The molecule has 0 radical (unpaired) electrons. The van der Waals surface area contributed by atoms with E-state index in [4.69, 9.17) is 9.47 Å². The summed E-state index contributed by atoms with van der Waals surface area (Å²) in [7, 11) is 0. The summed E-state index contributed by atoms with van der Waals surface area (Å²) < 4.78 is 11.4. The number of Topliss-reactive ketones (excluding diaryl/α,β-unsaturated/α-hetero) is 1. The van der Waals surface area contributed by atoms with Crippen LogP contribution in [0.2, 0.25) is 0 Å². The fourth-order valence-electron chi connectivity index (χ4n) is 5.52. The Morgan fingerprint density at radius 2 is 2.04 bits per heavy atom. The van der Waals surface area contributed by atoms with Crippen molar-refractivity contribution in [2.24, 2.45) is 17.3 Å². The Balaban J connectivity index is 1.64. The minimum absolute atomic E-state index is 0.0423. The molecule has 2 fully saturated rings. The monoisotopic (exact) mass is 326 g/mol. The standard InChI is InChI=1S/C20H22O4/c1-10(2)11-4-5-15-19(3)7-6-12-13(9-23-18(12)22)14(19)8-16-20(15,24-16)17(11)21/h4-5,10,14,16H,6-9H2,1-3H3/t14-,16-,19-,20+/m0/s1. The molecule has 4 atom stereocenters. The van der Waals surface area contributed by atoms with Crippen molar-refractivity contribution >= 4 is 11.8 Å². The summed E-state index contributed by atoms with van der Waals surface area (Å²) in [5.74, 6) is 0.484. The van der Waals surface area contributed by atoms with Crippen molar-refractivity contribution in [1.29, 1.82) is 0 Å². The Labute approximate surface area is 141 Å². The summed E-state index contributed by atoms with van der Waals surface area (Å²) in [6.45, 7) is 6.78. The van der Waals surface area contributed by atoms with Gasteiger partial charge in [-0.3, -0.25) is 4.79 Å². The average molecular weight is 326 g/mol. The number of rotatable bonds is 1. The first-order valence-corrected chi connectivity index (χ1v) is 8.94. The lowest BCUT2D eigenvalue weighted by atomic mass is 9.52. The van der Waals surface area contributed by atoms with Crippen LogP contribution in [-0.2, 0) is 19.1 Å². The van der Waals surface area contributed by atoms with Crippen molar-refractivity contribution in [1.82, 2.24) is 0 Å². The van der Waals surface area contributed by atoms with Crippen molar-refractivity contribution in [3.8, 4) is 0 Å². The van der Waals surface area contributed by atoms with Gasteiger partial charge in [-0.2, -0.15) is 0 Å². The van der Waals surface area contributed by atoms with Crippen molar-refractivity contribution in [3.05, 3.63) is 34.4 Å². The van der Waals surface area contributed by atoms with Gasteiger partial charge in [0.1, 0.15) is 12.7 Å². The highest BCUT2D eigenvalue weighted by atomic mass is 16.6. The minimum Gasteiger partial charge on any atom is -0.458 e. The highest BCUT2D eigenvalue weighted by Crippen LogP contribution is 2.67. The zero-order valence-electron chi connectivity index (χ0n) is 14.3. The normalized spacial score (nSPS) is 42.7. The Bertz CT molecular complexity index is 783. The Morgan fingerprint density at radius 3 is 2.79 bits per heavy atom. The second-order valence-corrected chi connectivity index (χ2v) is 8.31. The van der Waals surface area contributed by atoms with Gasteiger partial charge >= 0.3 is 5.97 Å². The summed E-state index contributed by atoms with van der Waals surface area (Å²) >= 11 is 0. The second kappa shape index (κ2) is 4.29. The molecular formula is C20H22O4. The Hall–Kier alpha value is -1.68. The number of hydrogen-bond donors (Lipinski definition) is 0. The van der Waals surface area contributed by atoms with Gasteiger partial charge in [-0.15, -0.1) is 0 Å². The zero-order chi connectivity index (χ0) is 16.9. The van der Waals surface area contributed by atoms with Crippen LogP contribution >= 0.6 is 0 Å². The predicted octanol–water partition coefficient (Wildman–Crippen LogP) is 2.89. The maximum Gasteiger partial charge on any atom is 0.334 e. The Kier molecular flexibility index (Phi) is 2.62. The van der Waals surface area contributed by atoms with Crippen molar-refractivity contribution in [2.75, 3.05) is 6.61 Å². The van der Waals surface area contributed by atoms with E-state index in [1.54, 1.807) is 0 Å². The SMILES string of the molecule is CC(C)C1=CC=C2[C@]3(O[C@H]3C[C@H]3C4=C(CC[C@]23C)C(=O)OC4)C1=O. The molecule has 2 aliphatic heterocycles. The molecule has 0 aromatic carbocycles. The molecule has 0 unspecified atom stereocenters. The largest absolute Gasteiger partial charge is 0.458 e. The van der Waals surface area contributed by atoms with Gasteiger partial charge in [-0.25, -0.2) is 4.79 Å². The lowest BCUT2D eigenvalue weighted by Crippen LogP contribution is -2.50. The number of epoxide rings is 1. The van der Waals surface area contributed by atoms with Gasteiger partial charge in [0.05, 0.1) is 0 Å². The second-order valence-electron chi connectivity index (χ2n) is 8.31. The number of allylic oxidation sites excluding steroid dienone is 2. The van der Waals surface area contributed by atoms with Crippen molar-refractivity contribution in [2.45, 2.75) is 51.7 Å². The van der Waals surface area contributed by atoms with Gasteiger partial charge in [0.15, 0.2) is 11.4 Å². The van der Waals surface area contributed by atoms with E-state index < -0.39 is 5.60 Å². The van der Waals surface area contributed by atoms with E-state index in [1.807, 2.05) is 6.08 Å². The number of carbonyl (C=O) groups excluding carboxylic acids is 2. The lowest BCUT2D eigenvalue weighted by molar-refractivity contribution is -0.136. The minimum atomic E-state index is -0.707. The molecule has 4 nitrogen and oxygen atoms in total. The summed E-state index contributed by atoms with van der Waals surface area (Å²) in [4.78, 5) is 25.1. The molecule has 0 N–H and O–H groups in total. The van der Waals surface area contributed by atoms with Gasteiger partial charge in [0.2, 0.25) is 0 Å². The van der Waals surface area contributed by atoms with Gasteiger partial charge < -0.3 is 9.47 Å². The molecule has 0 bridgehead atoms. The van der Waals surface area contributed by atoms with E-state index in [2.05, 4.69) is 26.8 Å². The summed E-state index contributed by atoms with van der Waals surface area (Å²) in [6.07, 6.45) is 6.55. The number of carbonyl (C=O) groups is 2. The van der Waals surface area contributed by atoms with E-state index in [0.717, 1.165) is 41.6 Å². The van der Waals surface area contributed by atoms with Gasteiger partial charge in [0, 0.05) is 11.1 Å². The smallest absolute Gasteiger partial charge is 0.334 e. The molecule has 1 saturated carbocycles. The molecule has 0 aromatic rings. The fraction of sp³-hybridized carbons (Fsp3) is 0.600. The highest BCUT2D eigenvalue weighted by molar-refractivity contribution is 6.09. The van der Waals surface area contributed by atoms with Crippen LogP contribution in [0.25, 0.3) is 0 Å².